The molecular weight excluding hydrogens is 614 g/mol. The maximum absolute atomic E-state index is 14.8. The third-order valence-corrected chi connectivity index (χ3v) is 8.22. The summed E-state index contributed by atoms with van der Waals surface area (Å²) in [6.07, 6.45) is 2.31. The van der Waals surface area contributed by atoms with Crippen molar-refractivity contribution in [2.75, 3.05) is 11.6 Å². The van der Waals surface area contributed by atoms with Crippen molar-refractivity contribution in [1.29, 1.82) is 0 Å². The van der Waals surface area contributed by atoms with Crippen molar-refractivity contribution in [1.82, 2.24) is 13.7 Å². The van der Waals surface area contributed by atoms with Crippen LogP contribution < -0.4 is 22.1 Å². The molecule has 1 saturated carbocycles. The number of aryl methyl sites for hydroxylation is 1. The minimum Gasteiger partial charge on any atom is -0.338 e. The Bertz CT molecular complexity index is 1910. The summed E-state index contributed by atoms with van der Waals surface area (Å²) in [6.45, 7) is 1.50. The van der Waals surface area contributed by atoms with Gasteiger partial charge in [-0.15, -0.1) is 0 Å². The molecule has 0 spiro atoms. The Morgan fingerprint density at radius 2 is 1.76 bits per heavy atom. The van der Waals surface area contributed by atoms with Gasteiger partial charge >= 0.3 is 5.69 Å². The van der Waals surface area contributed by atoms with Crippen molar-refractivity contribution in [3.8, 4) is 5.69 Å². The summed E-state index contributed by atoms with van der Waals surface area (Å²) in [7, 11) is -2.15. The smallest absolute Gasteiger partial charge is 0.336 e. The zero-order valence-electron chi connectivity index (χ0n) is 20.1. The van der Waals surface area contributed by atoms with Crippen LogP contribution in [0.5, 0.6) is 0 Å². The molecule has 1 fully saturated rings. The van der Waals surface area contributed by atoms with Crippen LogP contribution in [-0.4, -0.2) is 28.4 Å². The Morgan fingerprint density at radius 1 is 1.05 bits per heavy atom. The number of rotatable bonds is 5. The number of aromatic nitrogens is 3. The Morgan fingerprint density at radius 3 is 2.38 bits per heavy atom. The summed E-state index contributed by atoms with van der Waals surface area (Å²) in [5.74, 6) is -0.553. The molecule has 1 aliphatic carbocycles. The van der Waals surface area contributed by atoms with Crippen LogP contribution in [0, 0.1) is 16.3 Å². The van der Waals surface area contributed by atoms with Crippen LogP contribution in [-0.2, 0) is 16.9 Å². The van der Waals surface area contributed by atoms with Gasteiger partial charge in [0.15, 0.2) is 9.84 Å². The number of nitrogens with one attached hydrogen (secondary N) is 1. The highest BCUT2D eigenvalue weighted by molar-refractivity contribution is 14.1. The minimum atomic E-state index is -3.61. The molecule has 0 saturated heterocycles. The van der Waals surface area contributed by atoms with Crippen molar-refractivity contribution < 1.29 is 12.8 Å². The second kappa shape index (κ2) is 8.94. The van der Waals surface area contributed by atoms with Gasteiger partial charge in [0.2, 0.25) is 0 Å². The van der Waals surface area contributed by atoms with Gasteiger partial charge in [0, 0.05) is 28.5 Å². The number of anilines is 2. The molecule has 2 aromatic heterocycles. The molecule has 0 amide bonds. The van der Waals surface area contributed by atoms with Crippen molar-refractivity contribution in [2.45, 2.75) is 30.7 Å². The van der Waals surface area contributed by atoms with Gasteiger partial charge in [-0.05, 0) is 78.8 Å². The van der Waals surface area contributed by atoms with E-state index in [9.17, 15) is 27.2 Å². The maximum atomic E-state index is 14.8. The van der Waals surface area contributed by atoms with Crippen molar-refractivity contribution in [3.63, 3.8) is 0 Å². The zero-order chi connectivity index (χ0) is 26.8. The lowest BCUT2D eigenvalue weighted by molar-refractivity contribution is 0.601. The molecule has 1 aliphatic rings. The van der Waals surface area contributed by atoms with Gasteiger partial charge in [0.25, 0.3) is 11.1 Å². The Labute approximate surface area is 224 Å². The van der Waals surface area contributed by atoms with Crippen LogP contribution in [0.4, 0.5) is 15.9 Å². The molecule has 9 nitrogen and oxygen atoms in total. The first kappa shape index (κ1) is 25.4. The summed E-state index contributed by atoms with van der Waals surface area (Å²) < 4.78 is 43.5. The van der Waals surface area contributed by atoms with E-state index in [1.54, 1.807) is 12.1 Å². The monoisotopic (exact) mass is 636 g/mol. The molecule has 192 valence electrons. The Balaban J connectivity index is 1.95. The molecule has 0 radical (unpaired) electrons. The lowest BCUT2D eigenvalue weighted by atomic mass is 10.1. The third kappa shape index (κ3) is 4.31. The van der Waals surface area contributed by atoms with E-state index in [1.165, 1.54) is 53.4 Å². The highest BCUT2D eigenvalue weighted by Gasteiger charge is 2.31. The molecular formula is C25H22FIN4O5S. The van der Waals surface area contributed by atoms with E-state index in [0.29, 0.717) is 16.4 Å². The van der Waals surface area contributed by atoms with Crippen LogP contribution >= 0.6 is 22.6 Å². The highest BCUT2D eigenvalue weighted by atomic mass is 127. The molecule has 12 heteroatoms. The third-order valence-electron chi connectivity index (χ3n) is 6.44. The summed E-state index contributed by atoms with van der Waals surface area (Å²) in [6, 6.07) is 9.93. The molecule has 0 aliphatic heterocycles. The fraction of sp³-hybridized carbons (Fsp3) is 0.240. The predicted octanol–water partition coefficient (Wildman–Crippen LogP) is 3.39. The maximum Gasteiger partial charge on any atom is 0.336 e. The van der Waals surface area contributed by atoms with Gasteiger partial charge in [0.1, 0.15) is 17.0 Å². The van der Waals surface area contributed by atoms with E-state index in [4.69, 9.17) is 0 Å². The molecule has 0 bridgehead atoms. The number of sulfone groups is 1. The van der Waals surface area contributed by atoms with Gasteiger partial charge < -0.3 is 5.32 Å². The van der Waals surface area contributed by atoms with Crippen LogP contribution in [0.1, 0.15) is 24.4 Å². The largest absolute Gasteiger partial charge is 0.338 e. The van der Waals surface area contributed by atoms with Gasteiger partial charge in [-0.25, -0.2) is 17.6 Å². The first-order valence-electron chi connectivity index (χ1n) is 11.3. The molecule has 4 aromatic rings. The van der Waals surface area contributed by atoms with E-state index in [0.717, 1.165) is 10.8 Å². The number of pyridine rings is 1. The summed E-state index contributed by atoms with van der Waals surface area (Å²) in [5.41, 5.74) is -1.39. The second-order valence-corrected chi connectivity index (χ2v) is 12.4. The molecule has 2 heterocycles. The number of benzene rings is 2. The van der Waals surface area contributed by atoms with E-state index in [1.807, 2.05) is 22.6 Å². The summed E-state index contributed by atoms with van der Waals surface area (Å²) in [5, 5.41) is 2.92. The average molecular weight is 636 g/mol. The van der Waals surface area contributed by atoms with Crippen LogP contribution in [0.25, 0.3) is 16.6 Å². The van der Waals surface area contributed by atoms with Crippen molar-refractivity contribution in [2.24, 2.45) is 7.05 Å². The normalized spacial score (nSPS) is 13.8. The zero-order valence-corrected chi connectivity index (χ0v) is 23.1. The minimum absolute atomic E-state index is 0.0185. The summed E-state index contributed by atoms with van der Waals surface area (Å²) in [4.78, 5) is 40.8. The molecule has 5 rings (SSSR count). The van der Waals surface area contributed by atoms with E-state index < -0.39 is 32.5 Å². The summed E-state index contributed by atoms with van der Waals surface area (Å²) >= 11 is 1.97. The van der Waals surface area contributed by atoms with E-state index in [2.05, 4.69) is 5.32 Å². The SMILES string of the molecule is Cc1c(=O)n(C)c(Nc2ccc(I)cc2F)c2c(=O)n(C3CC3)c(=O)n(-c3cccc(S(C)(=O)=O)c3)c12. The fourth-order valence-corrected chi connectivity index (χ4v) is 5.54. The molecule has 2 aromatic carbocycles. The average Bonchev–Trinajstić information content (AvgIpc) is 3.66. The van der Waals surface area contributed by atoms with Crippen molar-refractivity contribution in [3.05, 3.63) is 88.6 Å². The Kier molecular flexibility index (Phi) is 6.14. The second-order valence-electron chi connectivity index (χ2n) is 9.10. The number of fused-ring (bicyclic) bond motifs is 1. The van der Waals surface area contributed by atoms with E-state index >= 15 is 0 Å². The highest BCUT2D eigenvalue weighted by Crippen LogP contribution is 2.34. The molecule has 0 unspecified atom stereocenters. The molecule has 0 atom stereocenters. The van der Waals surface area contributed by atoms with Crippen LogP contribution in [0.15, 0.2) is 61.7 Å². The quantitative estimate of drug-likeness (QED) is 0.337. The van der Waals surface area contributed by atoms with Crippen LogP contribution in [0.3, 0.4) is 0 Å². The molecule has 1 N–H and O–H groups in total. The standard InChI is InChI=1S/C25H22FIN4O5S/c1-13-21-20(22(29(2)23(13)32)28-19-10-7-14(27)11-18(19)26)24(33)31(15-8-9-15)25(34)30(21)16-5-4-6-17(12-16)37(3,35)36/h4-7,10-12,15,28H,8-9H2,1-3H3. The number of hydrogen-bond acceptors (Lipinski definition) is 6. The number of hydrogen-bond donors (Lipinski definition) is 1. The fourth-order valence-electron chi connectivity index (χ4n) is 4.43. The Hall–Kier alpha value is -3.26. The van der Waals surface area contributed by atoms with E-state index in [-0.39, 0.29) is 44.6 Å². The first-order chi connectivity index (χ1) is 17.4. The van der Waals surface area contributed by atoms with Gasteiger partial charge in [-0.3, -0.25) is 23.3 Å². The molecule has 37 heavy (non-hydrogen) atoms. The lowest BCUT2D eigenvalue weighted by Crippen LogP contribution is -2.41. The van der Waals surface area contributed by atoms with Gasteiger partial charge in [-0.2, -0.15) is 0 Å². The first-order valence-corrected chi connectivity index (χ1v) is 14.3. The van der Waals surface area contributed by atoms with Gasteiger partial charge in [0.05, 0.1) is 21.8 Å². The topological polar surface area (TPSA) is 112 Å². The number of nitrogens with zero attached hydrogens (tertiary/aromatic N) is 3. The number of halogens is 2. The van der Waals surface area contributed by atoms with Crippen molar-refractivity contribution >= 4 is 54.8 Å². The van der Waals surface area contributed by atoms with Crippen LogP contribution in [0.2, 0.25) is 0 Å². The predicted molar refractivity (Wildman–Crippen MR) is 148 cm³/mol. The lowest BCUT2D eigenvalue weighted by Gasteiger charge is -2.21. The van der Waals surface area contributed by atoms with Gasteiger partial charge in [-0.1, -0.05) is 6.07 Å².